The van der Waals surface area contributed by atoms with Crippen LogP contribution in [0.4, 0.5) is 5.69 Å². The number of hydrogen-bond acceptors (Lipinski definition) is 6. The summed E-state index contributed by atoms with van der Waals surface area (Å²) < 4.78 is 0. The minimum absolute atomic E-state index is 0.0795. The fourth-order valence-corrected chi connectivity index (χ4v) is 5.02. The SMILES string of the molecule is C[C@@H](CCN1CCN(c2ccccc2)CC1)NC(=O)c1csc(-c2ccsc2)n1. The summed E-state index contributed by atoms with van der Waals surface area (Å²) in [4.78, 5) is 21.9. The van der Waals surface area contributed by atoms with E-state index in [1.165, 1.54) is 17.0 Å². The molecule has 0 aliphatic carbocycles. The van der Waals surface area contributed by atoms with E-state index in [0.29, 0.717) is 5.69 Å². The molecule has 4 rings (SSSR count). The molecule has 0 saturated carbocycles. The highest BCUT2D eigenvalue weighted by Crippen LogP contribution is 2.25. The zero-order chi connectivity index (χ0) is 20.1. The van der Waals surface area contributed by atoms with Crippen molar-refractivity contribution >= 4 is 34.3 Å². The van der Waals surface area contributed by atoms with E-state index in [4.69, 9.17) is 0 Å². The zero-order valence-electron chi connectivity index (χ0n) is 16.6. The van der Waals surface area contributed by atoms with E-state index in [0.717, 1.165) is 49.7 Å². The molecule has 152 valence electrons. The van der Waals surface area contributed by atoms with Gasteiger partial charge in [0.05, 0.1) is 0 Å². The Morgan fingerprint density at radius 1 is 1.14 bits per heavy atom. The molecule has 1 N–H and O–H groups in total. The van der Waals surface area contributed by atoms with Gasteiger partial charge in [0.15, 0.2) is 0 Å². The standard InChI is InChI=1S/C22H26N4OS2/c1-17(23-21(27)20-16-29-22(24-20)18-8-14-28-15-18)7-9-25-10-12-26(13-11-25)19-5-3-2-4-6-19/h2-6,8,14-17H,7,9-13H2,1H3,(H,23,27)/t17-/m0/s1. The number of piperazine rings is 1. The second kappa shape index (κ2) is 9.52. The number of aromatic nitrogens is 1. The summed E-state index contributed by atoms with van der Waals surface area (Å²) in [5, 5.41) is 9.93. The average Bonchev–Trinajstić information content (AvgIpc) is 3.45. The third-order valence-corrected chi connectivity index (χ3v) is 6.83. The molecular formula is C22H26N4OS2. The molecule has 1 atom stereocenters. The zero-order valence-corrected chi connectivity index (χ0v) is 18.2. The van der Waals surface area contributed by atoms with Crippen LogP contribution in [0.5, 0.6) is 0 Å². The van der Waals surface area contributed by atoms with Crippen molar-refractivity contribution in [1.82, 2.24) is 15.2 Å². The van der Waals surface area contributed by atoms with Crippen LogP contribution in [-0.2, 0) is 0 Å². The molecule has 7 heteroatoms. The maximum atomic E-state index is 12.5. The summed E-state index contributed by atoms with van der Waals surface area (Å²) in [6.07, 6.45) is 0.943. The third-order valence-electron chi connectivity index (χ3n) is 5.25. The average molecular weight is 427 g/mol. The molecule has 0 spiro atoms. The van der Waals surface area contributed by atoms with Crippen molar-refractivity contribution in [3.05, 3.63) is 58.2 Å². The Kier molecular flexibility index (Phi) is 6.59. The van der Waals surface area contributed by atoms with Gasteiger partial charge in [-0.2, -0.15) is 11.3 Å². The Hall–Kier alpha value is -2.22. The van der Waals surface area contributed by atoms with Crippen LogP contribution in [-0.4, -0.2) is 54.6 Å². The van der Waals surface area contributed by atoms with Gasteiger partial charge in [0, 0.05) is 60.8 Å². The molecule has 29 heavy (non-hydrogen) atoms. The molecule has 2 aromatic heterocycles. The minimum Gasteiger partial charge on any atom is -0.369 e. The number of carbonyl (C=O) groups is 1. The van der Waals surface area contributed by atoms with E-state index >= 15 is 0 Å². The quantitative estimate of drug-likeness (QED) is 0.615. The van der Waals surface area contributed by atoms with E-state index in [9.17, 15) is 4.79 Å². The lowest BCUT2D eigenvalue weighted by molar-refractivity contribution is 0.0931. The number of amides is 1. The van der Waals surface area contributed by atoms with E-state index in [1.54, 1.807) is 11.3 Å². The van der Waals surface area contributed by atoms with Gasteiger partial charge >= 0.3 is 0 Å². The molecular weight excluding hydrogens is 400 g/mol. The molecule has 3 aromatic rings. The molecule has 1 aromatic carbocycles. The smallest absolute Gasteiger partial charge is 0.270 e. The molecule has 1 fully saturated rings. The van der Waals surface area contributed by atoms with Crippen LogP contribution in [0, 0.1) is 0 Å². The number of nitrogens with zero attached hydrogens (tertiary/aromatic N) is 3. The molecule has 0 unspecified atom stereocenters. The van der Waals surface area contributed by atoms with Gasteiger partial charge in [-0.05, 0) is 36.9 Å². The van der Waals surface area contributed by atoms with Crippen LogP contribution in [0.2, 0.25) is 0 Å². The van der Waals surface area contributed by atoms with Crippen molar-refractivity contribution in [3.63, 3.8) is 0 Å². The van der Waals surface area contributed by atoms with E-state index < -0.39 is 0 Å². The van der Waals surface area contributed by atoms with E-state index in [2.05, 4.69) is 62.7 Å². The van der Waals surface area contributed by atoms with E-state index in [-0.39, 0.29) is 11.9 Å². The fraction of sp³-hybridized carbons (Fsp3) is 0.364. The number of benzene rings is 1. The van der Waals surface area contributed by atoms with Crippen LogP contribution >= 0.6 is 22.7 Å². The molecule has 1 saturated heterocycles. The Bertz CT molecular complexity index is 902. The molecule has 0 bridgehead atoms. The second-order valence-electron chi connectivity index (χ2n) is 7.38. The van der Waals surface area contributed by atoms with Crippen molar-refractivity contribution in [3.8, 4) is 10.6 Å². The topological polar surface area (TPSA) is 48.5 Å². The number of nitrogens with one attached hydrogen (secondary N) is 1. The largest absolute Gasteiger partial charge is 0.369 e. The Morgan fingerprint density at radius 3 is 2.66 bits per heavy atom. The number of thiophene rings is 1. The molecule has 3 heterocycles. The lowest BCUT2D eigenvalue weighted by Gasteiger charge is -2.36. The predicted octanol–water partition coefficient (Wildman–Crippen LogP) is 4.20. The monoisotopic (exact) mass is 426 g/mol. The van der Waals surface area contributed by atoms with Crippen molar-refractivity contribution < 1.29 is 4.79 Å². The molecule has 0 radical (unpaired) electrons. The molecule has 1 amide bonds. The first-order chi connectivity index (χ1) is 14.2. The summed E-state index contributed by atoms with van der Waals surface area (Å²) >= 11 is 3.16. The predicted molar refractivity (Wildman–Crippen MR) is 122 cm³/mol. The number of thiazole rings is 1. The number of para-hydroxylation sites is 1. The molecule has 1 aliphatic rings. The number of rotatable bonds is 7. The van der Waals surface area contributed by atoms with Gasteiger partial charge in [0.1, 0.15) is 10.7 Å². The maximum absolute atomic E-state index is 12.5. The van der Waals surface area contributed by atoms with Crippen LogP contribution in [0.3, 0.4) is 0 Å². The molecule has 1 aliphatic heterocycles. The highest BCUT2D eigenvalue weighted by Gasteiger charge is 2.19. The van der Waals surface area contributed by atoms with Gasteiger partial charge in [-0.15, -0.1) is 11.3 Å². The highest BCUT2D eigenvalue weighted by molar-refractivity contribution is 7.14. The Morgan fingerprint density at radius 2 is 1.93 bits per heavy atom. The van der Waals surface area contributed by atoms with E-state index in [1.807, 2.05) is 16.8 Å². The normalized spacial score (nSPS) is 16.0. The lowest BCUT2D eigenvalue weighted by atomic mass is 10.2. The number of hydrogen-bond donors (Lipinski definition) is 1. The first-order valence-electron chi connectivity index (χ1n) is 10.0. The van der Waals surface area contributed by atoms with Crippen LogP contribution in [0.15, 0.2) is 52.5 Å². The van der Waals surface area contributed by atoms with Crippen LogP contribution in [0.25, 0.3) is 10.6 Å². The highest BCUT2D eigenvalue weighted by atomic mass is 32.1. The van der Waals surface area contributed by atoms with Crippen molar-refractivity contribution in [2.45, 2.75) is 19.4 Å². The summed E-state index contributed by atoms with van der Waals surface area (Å²) in [6, 6.07) is 12.8. The first-order valence-corrected chi connectivity index (χ1v) is 11.8. The summed E-state index contributed by atoms with van der Waals surface area (Å²) in [5.41, 5.74) is 2.90. The summed E-state index contributed by atoms with van der Waals surface area (Å²) in [5.74, 6) is -0.0795. The van der Waals surface area contributed by atoms with Gasteiger partial charge in [-0.25, -0.2) is 4.98 Å². The van der Waals surface area contributed by atoms with Gasteiger partial charge in [0.25, 0.3) is 5.91 Å². The van der Waals surface area contributed by atoms with Gasteiger partial charge in [-0.3, -0.25) is 9.69 Å². The van der Waals surface area contributed by atoms with Gasteiger partial charge in [0.2, 0.25) is 0 Å². The van der Waals surface area contributed by atoms with Crippen molar-refractivity contribution in [1.29, 1.82) is 0 Å². The first kappa shape index (κ1) is 20.1. The van der Waals surface area contributed by atoms with Crippen LogP contribution < -0.4 is 10.2 Å². The lowest BCUT2D eigenvalue weighted by Crippen LogP contribution is -2.47. The number of anilines is 1. The second-order valence-corrected chi connectivity index (χ2v) is 9.02. The number of carbonyl (C=O) groups excluding carboxylic acids is 1. The summed E-state index contributed by atoms with van der Waals surface area (Å²) in [6.45, 7) is 7.30. The van der Waals surface area contributed by atoms with Gasteiger partial charge < -0.3 is 10.2 Å². The maximum Gasteiger partial charge on any atom is 0.270 e. The van der Waals surface area contributed by atoms with Crippen molar-refractivity contribution in [2.75, 3.05) is 37.6 Å². The Balaban J connectivity index is 1.20. The van der Waals surface area contributed by atoms with Gasteiger partial charge in [-0.1, -0.05) is 18.2 Å². The summed E-state index contributed by atoms with van der Waals surface area (Å²) in [7, 11) is 0. The Labute approximate surface area is 180 Å². The van der Waals surface area contributed by atoms with Crippen molar-refractivity contribution in [2.24, 2.45) is 0 Å². The minimum atomic E-state index is -0.0795. The van der Waals surface area contributed by atoms with Crippen LogP contribution in [0.1, 0.15) is 23.8 Å². The fourth-order valence-electron chi connectivity index (χ4n) is 3.51. The third kappa shape index (κ3) is 5.23. The molecule has 5 nitrogen and oxygen atoms in total.